The van der Waals surface area contributed by atoms with Gasteiger partial charge < -0.3 is 0 Å². The highest BCUT2D eigenvalue weighted by Gasteiger charge is 2.46. The molecule has 2 saturated carbocycles. The monoisotopic (exact) mass is 178 g/mol. The highest BCUT2D eigenvalue weighted by atomic mass is 14.5. The zero-order valence-corrected chi connectivity index (χ0v) is 9.05. The molecule has 0 radical (unpaired) electrons. The van der Waals surface area contributed by atoms with Gasteiger partial charge in [-0.1, -0.05) is 32.4 Å². The van der Waals surface area contributed by atoms with E-state index in [0.29, 0.717) is 0 Å². The van der Waals surface area contributed by atoms with E-state index in [1.165, 1.54) is 32.1 Å². The summed E-state index contributed by atoms with van der Waals surface area (Å²) in [5.74, 6) is 3.98. The Balaban J connectivity index is 1.97. The van der Waals surface area contributed by atoms with E-state index < -0.39 is 0 Å². The fourth-order valence-electron chi connectivity index (χ4n) is 3.48. The van der Waals surface area contributed by atoms with Crippen molar-refractivity contribution >= 4 is 0 Å². The van der Waals surface area contributed by atoms with Crippen molar-refractivity contribution in [1.29, 1.82) is 0 Å². The van der Waals surface area contributed by atoms with Gasteiger partial charge in [-0.2, -0.15) is 0 Å². The maximum absolute atomic E-state index is 4.28. The molecule has 2 fully saturated rings. The molecule has 0 saturated heterocycles. The molecule has 0 heteroatoms. The minimum Gasteiger partial charge on any atom is -0.0996 e. The summed E-state index contributed by atoms with van der Waals surface area (Å²) in [5, 5.41) is 0. The first-order chi connectivity index (χ1) is 6.24. The molecule has 0 nitrogen and oxygen atoms in total. The second-order valence-electron chi connectivity index (χ2n) is 5.13. The number of hydrogen-bond donors (Lipinski definition) is 0. The van der Waals surface area contributed by atoms with E-state index in [2.05, 4.69) is 20.4 Å². The highest BCUT2D eigenvalue weighted by Crippen LogP contribution is 2.55. The number of hydrogen-bond acceptors (Lipinski definition) is 0. The molecular weight excluding hydrogens is 156 g/mol. The summed E-state index contributed by atoms with van der Waals surface area (Å²) >= 11 is 0. The Morgan fingerprint density at radius 1 is 1.31 bits per heavy atom. The molecule has 74 valence electrons. The zero-order valence-electron chi connectivity index (χ0n) is 9.05. The van der Waals surface area contributed by atoms with Gasteiger partial charge >= 0.3 is 0 Å². The van der Waals surface area contributed by atoms with Crippen LogP contribution >= 0.6 is 0 Å². The lowest BCUT2D eigenvalue weighted by molar-refractivity contribution is 0.158. The Bertz CT molecular complexity index is 204. The van der Waals surface area contributed by atoms with Gasteiger partial charge in [-0.05, 0) is 49.4 Å². The topological polar surface area (TPSA) is 0 Å². The summed E-state index contributed by atoms with van der Waals surface area (Å²) in [4.78, 5) is 0. The average Bonchev–Trinajstić information content (AvgIpc) is 2.21. The molecule has 0 aromatic heterocycles. The molecule has 0 spiro atoms. The van der Waals surface area contributed by atoms with E-state index in [1.807, 2.05) is 0 Å². The Kier molecular flexibility index (Phi) is 2.49. The van der Waals surface area contributed by atoms with E-state index in [4.69, 9.17) is 0 Å². The standard InChI is InChI=1S/C13H22/c1-4-5-9(2)13-8-10(3)11-6-7-12(11)13/h10-13H,2,4-8H2,1,3H3. The Labute approximate surface area is 82.4 Å². The Hall–Kier alpha value is -0.260. The quantitative estimate of drug-likeness (QED) is 0.572. The van der Waals surface area contributed by atoms with E-state index >= 15 is 0 Å². The first-order valence-electron chi connectivity index (χ1n) is 5.91. The lowest BCUT2D eigenvalue weighted by Gasteiger charge is -2.36. The van der Waals surface area contributed by atoms with Crippen molar-refractivity contribution in [3.05, 3.63) is 12.2 Å². The van der Waals surface area contributed by atoms with Crippen LogP contribution in [0.2, 0.25) is 0 Å². The second-order valence-corrected chi connectivity index (χ2v) is 5.13. The molecule has 4 atom stereocenters. The number of fused-ring (bicyclic) bond motifs is 1. The van der Waals surface area contributed by atoms with E-state index in [1.54, 1.807) is 5.57 Å². The lowest BCUT2D eigenvalue weighted by atomic mass is 9.69. The fraction of sp³-hybridized carbons (Fsp3) is 0.846. The molecule has 0 N–H and O–H groups in total. The van der Waals surface area contributed by atoms with Crippen LogP contribution in [-0.4, -0.2) is 0 Å². The smallest absolute Gasteiger partial charge is 0.0172 e. The van der Waals surface area contributed by atoms with Gasteiger partial charge in [0, 0.05) is 0 Å². The van der Waals surface area contributed by atoms with E-state index in [-0.39, 0.29) is 0 Å². The van der Waals surface area contributed by atoms with Gasteiger partial charge in [-0.15, -0.1) is 0 Å². The van der Waals surface area contributed by atoms with Crippen LogP contribution in [0, 0.1) is 23.7 Å². The largest absolute Gasteiger partial charge is 0.0996 e. The highest BCUT2D eigenvalue weighted by molar-refractivity contribution is 5.11. The third-order valence-electron chi connectivity index (χ3n) is 4.35. The summed E-state index contributed by atoms with van der Waals surface area (Å²) < 4.78 is 0. The number of rotatable bonds is 3. The molecule has 0 aromatic carbocycles. The zero-order chi connectivity index (χ0) is 9.42. The van der Waals surface area contributed by atoms with Crippen molar-refractivity contribution in [3.8, 4) is 0 Å². The van der Waals surface area contributed by atoms with Gasteiger partial charge in [0.2, 0.25) is 0 Å². The minimum atomic E-state index is 0.897. The molecule has 0 aromatic rings. The van der Waals surface area contributed by atoms with E-state index in [9.17, 15) is 0 Å². The van der Waals surface area contributed by atoms with E-state index in [0.717, 1.165) is 23.7 Å². The van der Waals surface area contributed by atoms with Crippen molar-refractivity contribution in [2.45, 2.75) is 46.0 Å². The van der Waals surface area contributed by atoms with Crippen LogP contribution in [0.4, 0.5) is 0 Å². The van der Waals surface area contributed by atoms with Gasteiger partial charge in [0.25, 0.3) is 0 Å². The molecule has 4 unspecified atom stereocenters. The first-order valence-corrected chi connectivity index (χ1v) is 5.91. The minimum absolute atomic E-state index is 0.897. The summed E-state index contributed by atoms with van der Waals surface area (Å²) in [6.45, 7) is 8.99. The van der Waals surface area contributed by atoms with Crippen LogP contribution in [0.15, 0.2) is 12.2 Å². The molecular formula is C13H22. The van der Waals surface area contributed by atoms with Crippen LogP contribution < -0.4 is 0 Å². The van der Waals surface area contributed by atoms with Gasteiger partial charge in [-0.25, -0.2) is 0 Å². The molecule has 0 bridgehead atoms. The predicted octanol–water partition coefficient (Wildman–Crippen LogP) is 4.02. The predicted molar refractivity (Wildman–Crippen MR) is 57.5 cm³/mol. The van der Waals surface area contributed by atoms with Gasteiger partial charge in [0.05, 0.1) is 0 Å². The molecule has 13 heavy (non-hydrogen) atoms. The lowest BCUT2D eigenvalue weighted by Crippen LogP contribution is -2.27. The van der Waals surface area contributed by atoms with Crippen LogP contribution in [0.25, 0.3) is 0 Å². The summed E-state index contributed by atoms with van der Waals surface area (Å²) in [6.07, 6.45) is 6.97. The third kappa shape index (κ3) is 1.45. The normalized spacial score (nSPS) is 42.6. The van der Waals surface area contributed by atoms with Crippen LogP contribution in [0.3, 0.4) is 0 Å². The van der Waals surface area contributed by atoms with Crippen LogP contribution in [0.1, 0.15) is 46.0 Å². The number of allylic oxidation sites excluding steroid dienone is 1. The van der Waals surface area contributed by atoms with Crippen molar-refractivity contribution in [3.63, 3.8) is 0 Å². The Morgan fingerprint density at radius 3 is 2.46 bits per heavy atom. The average molecular weight is 178 g/mol. The molecule has 0 heterocycles. The van der Waals surface area contributed by atoms with Crippen molar-refractivity contribution in [2.75, 3.05) is 0 Å². The third-order valence-corrected chi connectivity index (χ3v) is 4.35. The van der Waals surface area contributed by atoms with Crippen molar-refractivity contribution in [1.82, 2.24) is 0 Å². The second kappa shape index (κ2) is 3.48. The Morgan fingerprint density at radius 2 is 2.00 bits per heavy atom. The van der Waals surface area contributed by atoms with Crippen molar-refractivity contribution in [2.24, 2.45) is 23.7 Å². The molecule has 0 aliphatic heterocycles. The van der Waals surface area contributed by atoms with Crippen LogP contribution in [0.5, 0.6) is 0 Å². The summed E-state index contributed by atoms with van der Waals surface area (Å²) in [6, 6.07) is 0. The molecule has 2 aliphatic carbocycles. The van der Waals surface area contributed by atoms with Crippen LogP contribution in [-0.2, 0) is 0 Å². The van der Waals surface area contributed by atoms with Gasteiger partial charge in [0.15, 0.2) is 0 Å². The maximum atomic E-state index is 4.28. The molecule has 2 aliphatic rings. The fourth-order valence-corrected chi connectivity index (χ4v) is 3.48. The van der Waals surface area contributed by atoms with Gasteiger partial charge in [-0.3, -0.25) is 0 Å². The first kappa shape index (κ1) is 9.30. The van der Waals surface area contributed by atoms with Gasteiger partial charge in [0.1, 0.15) is 0 Å². The van der Waals surface area contributed by atoms with Crippen molar-refractivity contribution < 1.29 is 0 Å². The molecule has 2 rings (SSSR count). The SMILES string of the molecule is C=C(CCC)C1CC(C)C2CCC12. The summed E-state index contributed by atoms with van der Waals surface area (Å²) in [5.41, 5.74) is 1.56. The molecule has 0 amide bonds. The maximum Gasteiger partial charge on any atom is -0.0172 e. The summed E-state index contributed by atoms with van der Waals surface area (Å²) in [7, 11) is 0.